The number of likely N-dealkylation sites (N-methyl/N-ethyl adjacent to an activating group) is 1. The maximum atomic E-state index is 13.8. The molecule has 0 aliphatic carbocycles. The molecule has 0 spiro atoms. The summed E-state index contributed by atoms with van der Waals surface area (Å²) in [4.78, 5) is 83.9. The van der Waals surface area contributed by atoms with Crippen molar-refractivity contribution in [2.24, 2.45) is 22.4 Å². The number of nitrogens with one attached hydrogen (secondary N) is 5. The lowest BCUT2D eigenvalue weighted by atomic mass is 10.0. The number of aromatic hydroxyl groups is 1. The Morgan fingerprint density at radius 2 is 1.51 bits per heavy atom. The molecule has 1 heterocycles. The zero-order valence-corrected chi connectivity index (χ0v) is 27.5. The van der Waals surface area contributed by atoms with Gasteiger partial charge in [-0.2, -0.15) is 0 Å². The zero-order valence-electron chi connectivity index (χ0n) is 27.5. The lowest BCUT2D eigenvalue weighted by Crippen LogP contribution is -2.58. The molecule has 1 aromatic rings. The molecule has 260 valence electrons. The number of hydrogen-bond donors (Lipinski definition) is 8. The van der Waals surface area contributed by atoms with Crippen LogP contribution in [0, 0.1) is 5.92 Å². The maximum Gasteiger partial charge on any atom is 0.245 e. The highest BCUT2D eigenvalue weighted by Gasteiger charge is 2.34. The van der Waals surface area contributed by atoms with Crippen molar-refractivity contribution in [3.05, 3.63) is 29.8 Å². The SMILES string of the molecule is CC(=O)NCCCC[C@@H]1NC(=O)[C@H](CCCN=C(N)N)NC(=O)[C@H](Cc2ccc(O)cc2)NC(=O)[C@H](C(C)C)NC(=O)CN(C)C1=O. The first-order chi connectivity index (χ1) is 22.2. The van der Waals surface area contributed by atoms with E-state index in [9.17, 15) is 33.9 Å². The normalized spacial score (nSPS) is 21.5. The minimum atomic E-state index is -1.17. The van der Waals surface area contributed by atoms with Crippen LogP contribution in [0.1, 0.15) is 58.4 Å². The van der Waals surface area contributed by atoms with Gasteiger partial charge in [0.15, 0.2) is 5.96 Å². The number of nitrogens with two attached hydrogens (primary N) is 2. The van der Waals surface area contributed by atoms with Gasteiger partial charge in [0.05, 0.1) is 6.54 Å². The predicted molar refractivity (Wildman–Crippen MR) is 174 cm³/mol. The molecular formula is C31H49N9O7. The Labute approximate surface area is 274 Å². The number of carbonyl (C=O) groups excluding carboxylic acids is 6. The van der Waals surface area contributed by atoms with Crippen LogP contribution in [-0.4, -0.2) is 102 Å². The van der Waals surface area contributed by atoms with E-state index < -0.39 is 53.7 Å². The van der Waals surface area contributed by atoms with Gasteiger partial charge in [-0.3, -0.25) is 33.8 Å². The molecule has 16 nitrogen and oxygen atoms in total. The van der Waals surface area contributed by atoms with Crippen LogP contribution in [0.5, 0.6) is 5.75 Å². The fraction of sp³-hybridized carbons (Fsp3) is 0.581. The zero-order chi connectivity index (χ0) is 35.1. The first kappa shape index (κ1) is 38.3. The molecule has 4 atom stereocenters. The van der Waals surface area contributed by atoms with Gasteiger partial charge in [-0.15, -0.1) is 0 Å². The fourth-order valence-electron chi connectivity index (χ4n) is 4.96. The minimum Gasteiger partial charge on any atom is -0.508 e. The fourth-order valence-corrected chi connectivity index (χ4v) is 4.96. The molecule has 1 aliphatic heterocycles. The molecule has 2 rings (SSSR count). The van der Waals surface area contributed by atoms with E-state index in [2.05, 4.69) is 31.6 Å². The number of phenolic OH excluding ortho intramolecular Hbond substituents is 1. The summed E-state index contributed by atoms with van der Waals surface area (Å²) >= 11 is 0. The second kappa shape index (κ2) is 18.9. The predicted octanol–water partition coefficient (Wildman–Crippen LogP) is -1.64. The summed E-state index contributed by atoms with van der Waals surface area (Å²) in [5.41, 5.74) is 11.5. The van der Waals surface area contributed by atoms with Crippen molar-refractivity contribution in [1.82, 2.24) is 31.5 Å². The summed E-state index contributed by atoms with van der Waals surface area (Å²) in [6.07, 6.45) is 1.60. The van der Waals surface area contributed by atoms with E-state index in [-0.39, 0.29) is 55.9 Å². The van der Waals surface area contributed by atoms with Gasteiger partial charge in [0.2, 0.25) is 35.4 Å². The Morgan fingerprint density at radius 1 is 0.915 bits per heavy atom. The van der Waals surface area contributed by atoms with Crippen molar-refractivity contribution in [3.63, 3.8) is 0 Å². The average Bonchev–Trinajstić information content (AvgIpc) is 2.99. The molecule has 0 aromatic heterocycles. The van der Waals surface area contributed by atoms with E-state index in [1.807, 2.05) is 0 Å². The van der Waals surface area contributed by atoms with Crippen LogP contribution in [0.25, 0.3) is 0 Å². The Bertz CT molecular complexity index is 1280. The number of phenols is 1. The van der Waals surface area contributed by atoms with Gasteiger partial charge in [-0.05, 0) is 55.7 Å². The molecule has 0 unspecified atom stereocenters. The third-order valence-corrected chi connectivity index (χ3v) is 7.52. The lowest BCUT2D eigenvalue weighted by Gasteiger charge is -2.27. The van der Waals surface area contributed by atoms with Crippen LogP contribution in [0.15, 0.2) is 29.3 Å². The van der Waals surface area contributed by atoms with Crippen LogP contribution < -0.4 is 38.1 Å². The van der Waals surface area contributed by atoms with Gasteiger partial charge in [0, 0.05) is 33.5 Å². The summed E-state index contributed by atoms with van der Waals surface area (Å²) < 4.78 is 0. The summed E-state index contributed by atoms with van der Waals surface area (Å²) in [5.74, 6) is -3.76. The monoisotopic (exact) mass is 659 g/mol. The highest BCUT2D eigenvalue weighted by Crippen LogP contribution is 2.14. The van der Waals surface area contributed by atoms with Crippen LogP contribution >= 0.6 is 0 Å². The molecule has 6 amide bonds. The molecule has 0 saturated carbocycles. The molecule has 0 bridgehead atoms. The number of benzene rings is 1. The smallest absolute Gasteiger partial charge is 0.245 e. The third kappa shape index (κ3) is 13.6. The number of amides is 6. The highest BCUT2D eigenvalue weighted by atomic mass is 16.3. The third-order valence-electron chi connectivity index (χ3n) is 7.52. The average molecular weight is 660 g/mol. The van der Waals surface area contributed by atoms with E-state index in [0.717, 1.165) is 0 Å². The Balaban J connectivity index is 2.48. The van der Waals surface area contributed by atoms with Gasteiger partial charge in [0.25, 0.3) is 0 Å². The maximum absolute atomic E-state index is 13.8. The van der Waals surface area contributed by atoms with Crippen LogP contribution in [0.2, 0.25) is 0 Å². The number of guanidine groups is 1. The minimum absolute atomic E-state index is 0.0110. The van der Waals surface area contributed by atoms with Crippen LogP contribution in [-0.2, 0) is 35.2 Å². The van der Waals surface area contributed by atoms with Crippen molar-refractivity contribution in [2.75, 3.05) is 26.7 Å². The number of aliphatic imine (C=N–C) groups is 1. The first-order valence-electron chi connectivity index (χ1n) is 15.7. The van der Waals surface area contributed by atoms with E-state index in [4.69, 9.17) is 11.5 Å². The number of rotatable bonds is 12. The Hall–Kier alpha value is -4.89. The highest BCUT2D eigenvalue weighted by molar-refractivity contribution is 5.97. The first-order valence-corrected chi connectivity index (χ1v) is 15.7. The van der Waals surface area contributed by atoms with E-state index >= 15 is 0 Å². The van der Waals surface area contributed by atoms with Gasteiger partial charge < -0.3 is 48.1 Å². The van der Waals surface area contributed by atoms with Gasteiger partial charge in [-0.1, -0.05) is 26.0 Å². The molecule has 1 aromatic carbocycles. The number of unbranched alkanes of at least 4 members (excludes halogenated alkanes) is 1. The Morgan fingerprint density at radius 3 is 2.13 bits per heavy atom. The molecule has 1 fully saturated rings. The van der Waals surface area contributed by atoms with Gasteiger partial charge in [0.1, 0.15) is 29.9 Å². The largest absolute Gasteiger partial charge is 0.508 e. The molecule has 10 N–H and O–H groups in total. The van der Waals surface area contributed by atoms with Crippen molar-refractivity contribution in [1.29, 1.82) is 0 Å². The summed E-state index contributed by atoms with van der Waals surface area (Å²) in [7, 11) is 1.42. The van der Waals surface area contributed by atoms with Crippen molar-refractivity contribution >= 4 is 41.4 Å². The lowest BCUT2D eigenvalue weighted by molar-refractivity contribution is -0.139. The van der Waals surface area contributed by atoms with Crippen molar-refractivity contribution in [3.8, 4) is 5.75 Å². The number of carbonyl (C=O) groups is 6. The second-order valence-electron chi connectivity index (χ2n) is 12.0. The molecule has 1 saturated heterocycles. The van der Waals surface area contributed by atoms with Gasteiger partial charge >= 0.3 is 0 Å². The second-order valence-corrected chi connectivity index (χ2v) is 12.0. The Kier molecular flexibility index (Phi) is 15.4. The molecule has 16 heteroatoms. The number of hydrogen-bond acceptors (Lipinski definition) is 8. The van der Waals surface area contributed by atoms with E-state index in [1.165, 1.54) is 31.0 Å². The summed E-state index contributed by atoms with van der Waals surface area (Å²) in [5, 5.41) is 23.3. The quantitative estimate of drug-likeness (QED) is 0.0727. The molecule has 0 radical (unpaired) electrons. The number of nitrogens with zero attached hydrogens (tertiary/aromatic N) is 2. The van der Waals surface area contributed by atoms with Crippen LogP contribution in [0.4, 0.5) is 0 Å². The summed E-state index contributed by atoms with van der Waals surface area (Å²) in [6, 6.07) is 1.70. The van der Waals surface area contributed by atoms with E-state index in [0.29, 0.717) is 31.4 Å². The van der Waals surface area contributed by atoms with Crippen molar-refractivity contribution < 1.29 is 33.9 Å². The van der Waals surface area contributed by atoms with E-state index in [1.54, 1.807) is 26.0 Å². The van der Waals surface area contributed by atoms with Gasteiger partial charge in [-0.25, -0.2) is 0 Å². The summed E-state index contributed by atoms with van der Waals surface area (Å²) in [6.45, 7) is 5.03. The van der Waals surface area contributed by atoms with Crippen LogP contribution in [0.3, 0.4) is 0 Å². The molecule has 47 heavy (non-hydrogen) atoms. The topological polar surface area (TPSA) is 250 Å². The molecular weight excluding hydrogens is 610 g/mol. The standard InChI is InChI=1S/C31H49N9O7/c1-18(2)26-29(46)38-24(16-20-10-12-21(42)13-11-20)28(45)36-22(9-7-15-35-31(32)33)27(44)37-23(8-5-6-14-34-19(3)41)30(47)40(4)17-25(43)39-26/h10-13,18,22-24,26,42H,5-9,14-17H2,1-4H3,(H,34,41)(H,36,45)(H,37,44)(H,38,46)(H,39,43)(H4,32,33,35)/t22-,23-,24-,26-/m0/s1. The molecule has 1 aliphatic rings. The van der Waals surface area contributed by atoms with Crippen molar-refractivity contribution in [2.45, 2.75) is 83.5 Å².